The van der Waals surface area contributed by atoms with Crippen LogP contribution in [-0.4, -0.2) is 34.3 Å². The molecule has 7 heteroatoms. The summed E-state index contributed by atoms with van der Waals surface area (Å²) in [5.41, 5.74) is 1.22. The van der Waals surface area contributed by atoms with Crippen molar-refractivity contribution in [3.63, 3.8) is 0 Å². The summed E-state index contributed by atoms with van der Waals surface area (Å²) in [6, 6.07) is 13.8. The van der Waals surface area contributed by atoms with Gasteiger partial charge < -0.3 is 14.6 Å². The third-order valence-electron chi connectivity index (χ3n) is 3.49. The Balaban J connectivity index is 2.00. The van der Waals surface area contributed by atoms with Crippen molar-refractivity contribution >= 4 is 10.0 Å². The fourth-order valence-electron chi connectivity index (χ4n) is 2.23. The minimum Gasteiger partial charge on any atom is -0.493 e. The van der Waals surface area contributed by atoms with E-state index >= 15 is 0 Å². The van der Waals surface area contributed by atoms with Crippen molar-refractivity contribution in [2.45, 2.75) is 11.9 Å². The summed E-state index contributed by atoms with van der Waals surface area (Å²) in [5.74, 6) is 0.881. The van der Waals surface area contributed by atoms with Crippen LogP contribution < -0.4 is 14.2 Å². The molecule has 1 unspecified atom stereocenters. The molecule has 0 spiro atoms. The summed E-state index contributed by atoms with van der Waals surface area (Å²) < 4.78 is 36.9. The molecule has 24 heavy (non-hydrogen) atoms. The molecule has 6 nitrogen and oxygen atoms in total. The largest absolute Gasteiger partial charge is 0.493 e. The van der Waals surface area contributed by atoms with Gasteiger partial charge in [0, 0.05) is 6.54 Å². The maximum absolute atomic E-state index is 12.1. The number of sulfonamides is 1. The fraction of sp³-hybridized carbons (Fsp3) is 0.294. The van der Waals surface area contributed by atoms with Crippen molar-refractivity contribution in [3.8, 4) is 11.5 Å². The van der Waals surface area contributed by atoms with Crippen LogP contribution in [0.1, 0.15) is 17.2 Å². The van der Waals surface area contributed by atoms with Crippen molar-refractivity contribution < 1.29 is 23.0 Å². The van der Waals surface area contributed by atoms with Gasteiger partial charge in [-0.3, -0.25) is 0 Å². The van der Waals surface area contributed by atoms with Gasteiger partial charge in [0.15, 0.2) is 11.5 Å². The Labute approximate surface area is 142 Å². The highest BCUT2D eigenvalue weighted by molar-refractivity contribution is 7.88. The van der Waals surface area contributed by atoms with Crippen molar-refractivity contribution in [1.82, 2.24) is 4.72 Å². The molecule has 2 rings (SSSR count). The summed E-state index contributed by atoms with van der Waals surface area (Å²) >= 11 is 0. The van der Waals surface area contributed by atoms with Crippen molar-refractivity contribution in [2.75, 3.05) is 20.8 Å². The molecular weight excluding hydrogens is 330 g/mol. The van der Waals surface area contributed by atoms with Gasteiger partial charge in [-0.15, -0.1) is 0 Å². The molecule has 0 fully saturated rings. The average molecular weight is 351 g/mol. The van der Waals surface area contributed by atoms with E-state index < -0.39 is 16.1 Å². The van der Waals surface area contributed by atoms with Gasteiger partial charge in [0.1, 0.15) is 0 Å². The van der Waals surface area contributed by atoms with Crippen LogP contribution in [0.25, 0.3) is 0 Å². The highest BCUT2D eigenvalue weighted by Crippen LogP contribution is 2.29. The second kappa shape index (κ2) is 8.14. The van der Waals surface area contributed by atoms with Crippen molar-refractivity contribution in [1.29, 1.82) is 0 Å². The standard InChI is InChI=1S/C17H21NO5S/c1-22-16-9-8-14(10-17(16)23-2)15(19)11-18-24(20,21)12-13-6-4-3-5-7-13/h3-10,15,18-19H,11-12H2,1-2H3. The SMILES string of the molecule is COc1ccc(C(O)CNS(=O)(=O)Cc2ccccc2)cc1OC. The fourth-order valence-corrected chi connectivity index (χ4v) is 3.37. The molecule has 0 aliphatic heterocycles. The Morgan fingerprint density at radius 1 is 1.04 bits per heavy atom. The molecule has 2 N–H and O–H groups in total. The van der Waals surface area contributed by atoms with Gasteiger partial charge in [0.2, 0.25) is 10.0 Å². The Bertz CT molecular complexity index is 762. The number of ether oxygens (including phenoxy) is 2. The third-order valence-corrected chi connectivity index (χ3v) is 4.81. The molecular formula is C17H21NO5S. The van der Waals surface area contributed by atoms with E-state index in [2.05, 4.69) is 4.72 Å². The molecule has 1 atom stereocenters. The van der Waals surface area contributed by atoms with Gasteiger partial charge in [-0.2, -0.15) is 0 Å². The van der Waals surface area contributed by atoms with Gasteiger partial charge in [-0.25, -0.2) is 13.1 Å². The van der Waals surface area contributed by atoms with Crippen LogP contribution in [0, 0.1) is 0 Å². The average Bonchev–Trinajstić information content (AvgIpc) is 2.59. The highest BCUT2D eigenvalue weighted by atomic mass is 32.2. The Kier molecular flexibility index (Phi) is 6.19. The maximum atomic E-state index is 12.1. The molecule has 0 amide bonds. The molecule has 0 heterocycles. The van der Waals surface area contributed by atoms with E-state index in [4.69, 9.17) is 9.47 Å². The van der Waals surface area contributed by atoms with E-state index in [-0.39, 0.29) is 12.3 Å². The molecule has 0 aliphatic carbocycles. The lowest BCUT2D eigenvalue weighted by atomic mass is 10.1. The van der Waals surface area contributed by atoms with E-state index in [0.717, 1.165) is 0 Å². The lowest BCUT2D eigenvalue weighted by Gasteiger charge is -2.15. The minimum absolute atomic E-state index is 0.120. The number of hydrogen-bond donors (Lipinski definition) is 2. The first-order valence-electron chi connectivity index (χ1n) is 7.36. The number of rotatable bonds is 8. The lowest BCUT2D eigenvalue weighted by Crippen LogP contribution is -2.29. The lowest BCUT2D eigenvalue weighted by molar-refractivity contribution is 0.181. The minimum atomic E-state index is -3.53. The van der Waals surface area contributed by atoms with Crippen LogP contribution in [-0.2, 0) is 15.8 Å². The zero-order valence-electron chi connectivity index (χ0n) is 13.6. The second-order valence-corrected chi connectivity index (χ2v) is 7.03. The number of aliphatic hydroxyl groups excluding tert-OH is 1. The molecule has 0 aromatic heterocycles. The predicted molar refractivity (Wildman–Crippen MR) is 91.6 cm³/mol. The Morgan fingerprint density at radius 3 is 2.33 bits per heavy atom. The second-order valence-electron chi connectivity index (χ2n) is 5.22. The normalized spacial score (nSPS) is 12.6. The van der Waals surface area contributed by atoms with E-state index in [0.29, 0.717) is 22.6 Å². The van der Waals surface area contributed by atoms with Crippen molar-refractivity contribution in [2.24, 2.45) is 0 Å². The van der Waals surface area contributed by atoms with Gasteiger partial charge in [-0.05, 0) is 23.3 Å². The number of benzene rings is 2. The number of hydrogen-bond acceptors (Lipinski definition) is 5. The predicted octanol–water partition coefficient (Wildman–Crippen LogP) is 1.86. The molecule has 0 bridgehead atoms. The van der Waals surface area contributed by atoms with E-state index in [9.17, 15) is 13.5 Å². The van der Waals surface area contributed by atoms with Crippen LogP contribution in [0.15, 0.2) is 48.5 Å². The van der Waals surface area contributed by atoms with E-state index in [1.807, 2.05) is 6.07 Å². The molecule has 2 aromatic carbocycles. The highest BCUT2D eigenvalue weighted by Gasteiger charge is 2.16. The summed E-state index contributed by atoms with van der Waals surface area (Å²) in [5, 5.41) is 10.2. The number of methoxy groups -OCH3 is 2. The number of nitrogens with one attached hydrogen (secondary N) is 1. The van der Waals surface area contributed by atoms with E-state index in [1.54, 1.807) is 42.5 Å². The first-order chi connectivity index (χ1) is 11.4. The van der Waals surface area contributed by atoms with Crippen LogP contribution >= 0.6 is 0 Å². The van der Waals surface area contributed by atoms with Gasteiger partial charge >= 0.3 is 0 Å². The van der Waals surface area contributed by atoms with Crippen LogP contribution in [0.2, 0.25) is 0 Å². The summed E-state index contributed by atoms with van der Waals surface area (Å²) in [6.45, 7) is -0.120. The monoisotopic (exact) mass is 351 g/mol. The zero-order chi connectivity index (χ0) is 17.6. The first-order valence-corrected chi connectivity index (χ1v) is 9.01. The molecule has 2 aromatic rings. The number of aliphatic hydroxyl groups is 1. The van der Waals surface area contributed by atoms with Crippen molar-refractivity contribution in [3.05, 3.63) is 59.7 Å². The first kappa shape index (κ1) is 18.3. The van der Waals surface area contributed by atoms with Gasteiger partial charge in [-0.1, -0.05) is 36.4 Å². The summed E-state index contributed by atoms with van der Waals surface area (Å²) in [6.07, 6.45) is -0.990. The van der Waals surface area contributed by atoms with Gasteiger partial charge in [0.25, 0.3) is 0 Å². The van der Waals surface area contributed by atoms with Crippen LogP contribution in [0.4, 0.5) is 0 Å². The Hall–Kier alpha value is -2.09. The van der Waals surface area contributed by atoms with Crippen LogP contribution in [0.5, 0.6) is 11.5 Å². The van der Waals surface area contributed by atoms with E-state index in [1.165, 1.54) is 14.2 Å². The quantitative estimate of drug-likeness (QED) is 0.758. The summed E-state index contributed by atoms with van der Waals surface area (Å²) in [7, 11) is -0.516. The molecule has 0 aliphatic rings. The molecule has 130 valence electrons. The van der Waals surface area contributed by atoms with Gasteiger partial charge in [0.05, 0.1) is 26.1 Å². The molecule has 0 saturated heterocycles. The zero-order valence-corrected chi connectivity index (χ0v) is 14.4. The smallest absolute Gasteiger partial charge is 0.215 e. The van der Waals surface area contributed by atoms with Crippen LogP contribution in [0.3, 0.4) is 0 Å². The molecule has 0 saturated carbocycles. The maximum Gasteiger partial charge on any atom is 0.215 e. The third kappa shape index (κ3) is 4.95. The molecule has 0 radical (unpaired) electrons. The topological polar surface area (TPSA) is 84.9 Å². The Morgan fingerprint density at radius 2 is 1.71 bits per heavy atom. The summed E-state index contributed by atoms with van der Waals surface area (Å²) in [4.78, 5) is 0.